The van der Waals surface area contributed by atoms with Gasteiger partial charge < -0.3 is 10.2 Å². The van der Waals surface area contributed by atoms with Gasteiger partial charge in [-0.2, -0.15) is 4.98 Å². The smallest absolute Gasteiger partial charge is 0.227 e. The van der Waals surface area contributed by atoms with Gasteiger partial charge in [-0.25, -0.2) is 4.98 Å². The van der Waals surface area contributed by atoms with Gasteiger partial charge >= 0.3 is 0 Å². The zero-order valence-electron chi connectivity index (χ0n) is 19.2. The number of anilines is 2. The summed E-state index contributed by atoms with van der Waals surface area (Å²) in [6.07, 6.45) is 0. The van der Waals surface area contributed by atoms with Crippen LogP contribution in [0.4, 0.5) is 11.8 Å². The minimum atomic E-state index is 0.534. The van der Waals surface area contributed by atoms with E-state index in [2.05, 4.69) is 94.8 Å². The minimum absolute atomic E-state index is 0.534. The Balaban J connectivity index is 1.37. The molecule has 5 nitrogen and oxygen atoms in total. The Morgan fingerprint density at radius 2 is 1.48 bits per heavy atom. The summed E-state index contributed by atoms with van der Waals surface area (Å²) in [7, 11) is 0. The van der Waals surface area contributed by atoms with Crippen molar-refractivity contribution >= 4 is 22.7 Å². The molecule has 0 amide bonds. The number of benzene rings is 3. The first-order chi connectivity index (χ1) is 16.2. The van der Waals surface area contributed by atoms with Crippen LogP contribution in [0, 0.1) is 5.92 Å². The lowest BCUT2D eigenvalue weighted by atomic mass is 10.1. The Kier molecular flexibility index (Phi) is 6.49. The summed E-state index contributed by atoms with van der Waals surface area (Å²) in [5.41, 5.74) is 3.59. The van der Waals surface area contributed by atoms with E-state index in [0.717, 1.165) is 61.9 Å². The highest BCUT2D eigenvalue weighted by Crippen LogP contribution is 2.25. The van der Waals surface area contributed by atoms with E-state index < -0.39 is 0 Å². The molecule has 0 radical (unpaired) electrons. The van der Waals surface area contributed by atoms with Crippen molar-refractivity contribution < 1.29 is 0 Å². The van der Waals surface area contributed by atoms with Gasteiger partial charge in [-0.05, 0) is 29.2 Å². The lowest BCUT2D eigenvalue weighted by molar-refractivity contribution is 0.257. The molecule has 1 aromatic heterocycles. The highest BCUT2D eigenvalue weighted by molar-refractivity contribution is 5.90. The number of hydrogen-bond donors (Lipinski definition) is 1. The number of para-hydroxylation sites is 1. The van der Waals surface area contributed by atoms with Crippen LogP contribution >= 0.6 is 0 Å². The van der Waals surface area contributed by atoms with Gasteiger partial charge in [0.25, 0.3) is 0 Å². The quantitative estimate of drug-likeness (QED) is 0.449. The van der Waals surface area contributed by atoms with Gasteiger partial charge in [-0.15, -0.1) is 0 Å². The van der Waals surface area contributed by atoms with Crippen LogP contribution in [0.2, 0.25) is 0 Å². The summed E-state index contributed by atoms with van der Waals surface area (Å²) in [6.45, 7) is 8.02. The fourth-order valence-corrected chi connectivity index (χ4v) is 4.61. The first-order valence-corrected chi connectivity index (χ1v) is 11.8. The van der Waals surface area contributed by atoms with E-state index in [1.807, 2.05) is 12.1 Å². The lowest BCUT2D eigenvalue weighted by Gasteiger charge is -2.23. The van der Waals surface area contributed by atoms with Gasteiger partial charge in [0.15, 0.2) is 0 Å². The normalized spacial score (nSPS) is 17.1. The predicted octanol–water partition coefficient (Wildman–Crippen LogP) is 5.20. The van der Waals surface area contributed by atoms with Crippen molar-refractivity contribution in [1.29, 1.82) is 0 Å². The third kappa shape index (κ3) is 5.32. The van der Waals surface area contributed by atoms with E-state index >= 15 is 0 Å². The van der Waals surface area contributed by atoms with Crippen molar-refractivity contribution in [3.63, 3.8) is 0 Å². The molecule has 5 rings (SSSR count). The number of aromatic nitrogens is 2. The molecule has 1 aliphatic heterocycles. The summed E-state index contributed by atoms with van der Waals surface area (Å²) in [5, 5.41) is 4.62. The average Bonchev–Trinajstić information content (AvgIpc) is 3.04. The maximum absolute atomic E-state index is 5.01. The van der Waals surface area contributed by atoms with Gasteiger partial charge in [0.2, 0.25) is 5.95 Å². The molecule has 1 fully saturated rings. The van der Waals surface area contributed by atoms with Crippen LogP contribution in [-0.2, 0) is 13.1 Å². The molecule has 0 spiro atoms. The van der Waals surface area contributed by atoms with Crippen LogP contribution in [0.5, 0.6) is 0 Å². The number of fused-ring (bicyclic) bond motifs is 1. The molecule has 4 aromatic rings. The van der Waals surface area contributed by atoms with Gasteiger partial charge in [0.05, 0.1) is 5.52 Å². The Hall–Kier alpha value is -3.44. The third-order valence-corrected chi connectivity index (χ3v) is 6.21. The van der Waals surface area contributed by atoms with Crippen LogP contribution in [0.3, 0.4) is 0 Å². The van der Waals surface area contributed by atoms with Crippen molar-refractivity contribution in [3.05, 3.63) is 96.1 Å². The van der Waals surface area contributed by atoms with Crippen LogP contribution in [0.25, 0.3) is 10.9 Å². The monoisotopic (exact) mass is 437 g/mol. The largest absolute Gasteiger partial charge is 0.365 e. The van der Waals surface area contributed by atoms with Crippen molar-refractivity contribution in [2.75, 3.05) is 36.4 Å². The minimum Gasteiger partial charge on any atom is -0.365 e. The van der Waals surface area contributed by atoms with Gasteiger partial charge in [-0.1, -0.05) is 79.7 Å². The van der Waals surface area contributed by atoms with E-state index in [4.69, 9.17) is 9.97 Å². The first-order valence-electron chi connectivity index (χ1n) is 11.8. The highest BCUT2D eigenvalue weighted by Gasteiger charge is 2.23. The molecular formula is C28H31N5. The lowest BCUT2D eigenvalue weighted by Crippen LogP contribution is -2.31. The fraction of sp³-hybridized carbons (Fsp3) is 0.286. The SMILES string of the molecule is CC1CN(Cc2ccccc2)CCN(c2nc(NCc3ccccc3)c3ccccc3n2)C1. The van der Waals surface area contributed by atoms with Crippen molar-refractivity contribution in [3.8, 4) is 0 Å². The Bertz CT molecular complexity index is 1180. The van der Waals surface area contributed by atoms with Crippen molar-refractivity contribution in [1.82, 2.24) is 14.9 Å². The summed E-state index contributed by atoms with van der Waals surface area (Å²) < 4.78 is 0. The maximum atomic E-state index is 5.01. The van der Waals surface area contributed by atoms with Crippen LogP contribution in [0.15, 0.2) is 84.9 Å². The number of rotatable bonds is 6. The van der Waals surface area contributed by atoms with Gasteiger partial charge in [-0.3, -0.25) is 4.90 Å². The van der Waals surface area contributed by atoms with Crippen LogP contribution in [0.1, 0.15) is 18.1 Å². The molecule has 1 unspecified atom stereocenters. The van der Waals surface area contributed by atoms with E-state index in [-0.39, 0.29) is 0 Å². The molecule has 33 heavy (non-hydrogen) atoms. The second-order valence-electron chi connectivity index (χ2n) is 9.00. The molecular weight excluding hydrogens is 406 g/mol. The molecule has 1 N–H and O–H groups in total. The molecule has 168 valence electrons. The molecule has 3 aromatic carbocycles. The molecule has 1 aliphatic rings. The summed E-state index contributed by atoms with van der Waals surface area (Å²) >= 11 is 0. The molecule has 2 heterocycles. The van der Waals surface area contributed by atoms with E-state index in [0.29, 0.717) is 5.92 Å². The number of nitrogens with one attached hydrogen (secondary N) is 1. The predicted molar refractivity (Wildman–Crippen MR) is 136 cm³/mol. The number of nitrogens with zero attached hydrogens (tertiary/aromatic N) is 4. The van der Waals surface area contributed by atoms with Crippen LogP contribution in [-0.4, -0.2) is 41.0 Å². The fourth-order valence-electron chi connectivity index (χ4n) is 4.61. The second-order valence-corrected chi connectivity index (χ2v) is 9.00. The molecule has 0 aliphatic carbocycles. The molecule has 1 saturated heterocycles. The Morgan fingerprint density at radius 3 is 2.27 bits per heavy atom. The standard InChI is InChI=1S/C28H31N5/c1-22-19-32(21-24-12-6-3-7-13-24)16-17-33(20-22)28-30-26-15-9-8-14-25(26)27(31-28)29-18-23-10-4-2-5-11-23/h2-15,22H,16-21H2,1H3,(H,29,30,31). The summed E-state index contributed by atoms with van der Waals surface area (Å²) in [6, 6.07) is 29.5. The average molecular weight is 438 g/mol. The second kappa shape index (κ2) is 10.0. The molecule has 5 heteroatoms. The molecule has 1 atom stereocenters. The Morgan fingerprint density at radius 1 is 0.788 bits per heavy atom. The third-order valence-electron chi connectivity index (χ3n) is 6.21. The highest BCUT2D eigenvalue weighted by atomic mass is 15.3. The number of hydrogen-bond acceptors (Lipinski definition) is 5. The topological polar surface area (TPSA) is 44.3 Å². The molecule has 0 bridgehead atoms. The zero-order chi connectivity index (χ0) is 22.5. The Labute approximate surface area is 196 Å². The van der Waals surface area contributed by atoms with E-state index in [1.165, 1.54) is 11.1 Å². The van der Waals surface area contributed by atoms with Crippen molar-refractivity contribution in [2.45, 2.75) is 20.0 Å². The van der Waals surface area contributed by atoms with E-state index in [1.54, 1.807) is 0 Å². The van der Waals surface area contributed by atoms with Gasteiger partial charge in [0.1, 0.15) is 5.82 Å². The molecule has 0 saturated carbocycles. The van der Waals surface area contributed by atoms with Crippen molar-refractivity contribution in [2.24, 2.45) is 5.92 Å². The summed E-state index contributed by atoms with van der Waals surface area (Å²) in [5.74, 6) is 2.25. The summed E-state index contributed by atoms with van der Waals surface area (Å²) in [4.78, 5) is 14.9. The maximum Gasteiger partial charge on any atom is 0.227 e. The first kappa shape index (κ1) is 21.4. The van der Waals surface area contributed by atoms with Gasteiger partial charge in [0, 0.05) is 44.7 Å². The zero-order valence-corrected chi connectivity index (χ0v) is 19.2. The van der Waals surface area contributed by atoms with E-state index in [9.17, 15) is 0 Å². The van der Waals surface area contributed by atoms with Crippen LogP contribution < -0.4 is 10.2 Å².